The Morgan fingerprint density at radius 3 is 1.21 bits per heavy atom. The Bertz CT molecular complexity index is 376. The first-order chi connectivity index (χ1) is 11.8. The smallest absolute Gasteiger partial charge is 0.140 e. The van der Waals surface area contributed by atoms with E-state index in [0.29, 0.717) is 0 Å². The van der Waals surface area contributed by atoms with Crippen molar-refractivity contribution in [2.75, 3.05) is 13.4 Å². The van der Waals surface area contributed by atoms with Gasteiger partial charge in [0.15, 0.2) is 0 Å². The lowest BCUT2D eigenvalue weighted by Crippen LogP contribution is -1.82. The monoisotopic (exact) mass is 332 g/mol. The van der Waals surface area contributed by atoms with Crippen LogP contribution in [0.5, 0.6) is 0 Å². The van der Waals surface area contributed by atoms with Crippen LogP contribution in [0.3, 0.4) is 0 Å². The molecule has 0 saturated heterocycles. The molecule has 4 rings (SSSR count). The molecule has 0 radical (unpaired) electrons. The Balaban J connectivity index is 0.000000286. The van der Waals surface area contributed by atoms with E-state index in [1.54, 1.807) is 0 Å². The van der Waals surface area contributed by atoms with Crippen LogP contribution in [0.25, 0.3) is 0 Å². The molecule has 2 atom stereocenters. The van der Waals surface area contributed by atoms with Gasteiger partial charge in [-0.1, -0.05) is 66.8 Å². The second-order valence-corrected chi connectivity index (χ2v) is 5.51. The molecule has 0 heterocycles. The van der Waals surface area contributed by atoms with E-state index in [1.807, 2.05) is 0 Å². The topological polar surface area (TPSA) is 60.7 Å². The summed E-state index contributed by atoms with van der Waals surface area (Å²) in [7, 11) is 0. The van der Waals surface area contributed by atoms with Crippen molar-refractivity contribution in [1.29, 1.82) is 0 Å². The highest BCUT2D eigenvalue weighted by atomic mass is 16.5. The fourth-order valence-corrected chi connectivity index (χ4v) is 2.50. The third-order valence-corrected chi connectivity index (χ3v) is 3.61. The lowest BCUT2D eigenvalue weighted by molar-refractivity contribution is 0.0773. The van der Waals surface area contributed by atoms with E-state index in [4.69, 9.17) is 15.3 Å². The van der Waals surface area contributed by atoms with Gasteiger partial charge in [-0.15, -0.1) is 6.58 Å². The van der Waals surface area contributed by atoms with E-state index >= 15 is 0 Å². The number of allylic oxidation sites excluding steroid dienone is 10. The molecule has 24 heavy (non-hydrogen) atoms. The quantitative estimate of drug-likeness (QED) is 0.501. The molecular weight excluding hydrogens is 300 g/mol. The van der Waals surface area contributed by atoms with Crippen LogP contribution in [-0.2, 0) is 0 Å². The predicted octanol–water partition coefficient (Wildman–Crippen LogP) is 4.07. The fraction of sp³-hybridized carbons (Fsp3) is 0.429. The first-order valence-electron chi connectivity index (χ1n) is 8.53. The maximum Gasteiger partial charge on any atom is 0.140 e. The molecule has 0 amide bonds. The molecule has 2 bridgehead atoms. The highest BCUT2D eigenvalue weighted by Gasteiger charge is 2.25. The van der Waals surface area contributed by atoms with Crippen LogP contribution < -0.4 is 0 Å². The largest absolute Gasteiger partial charge is 0.392 e. The molecule has 0 aliphatic heterocycles. The average molecular weight is 332 g/mol. The van der Waals surface area contributed by atoms with Crippen LogP contribution in [-0.4, -0.2) is 28.7 Å². The second-order valence-electron chi connectivity index (χ2n) is 5.51. The molecule has 1 fully saturated rings. The Morgan fingerprint density at radius 2 is 1.12 bits per heavy atom. The van der Waals surface area contributed by atoms with Gasteiger partial charge in [0.25, 0.3) is 0 Å². The van der Waals surface area contributed by atoms with Crippen molar-refractivity contribution in [3.63, 3.8) is 0 Å². The van der Waals surface area contributed by atoms with Crippen molar-refractivity contribution < 1.29 is 15.3 Å². The zero-order valence-electron chi connectivity index (χ0n) is 14.5. The third-order valence-electron chi connectivity index (χ3n) is 3.61. The summed E-state index contributed by atoms with van der Waals surface area (Å²) in [5, 5.41) is 22.0. The molecular formula is C21H32O3. The van der Waals surface area contributed by atoms with E-state index in [9.17, 15) is 0 Å². The van der Waals surface area contributed by atoms with Gasteiger partial charge in [0.1, 0.15) is 6.79 Å². The summed E-state index contributed by atoms with van der Waals surface area (Å²) in [6, 6.07) is 0. The van der Waals surface area contributed by atoms with Gasteiger partial charge in [-0.2, -0.15) is 0 Å². The minimum Gasteiger partial charge on any atom is -0.392 e. The van der Waals surface area contributed by atoms with Crippen molar-refractivity contribution in [2.45, 2.75) is 32.1 Å². The number of fused-ring (bicyclic) bond motifs is 2. The lowest BCUT2D eigenvalue weighted by Gasteiger charge is -1.96. The van der Waals surface area contributed by atoms with Gasteiger partial charge >= 0.3 is 0 Å². The van der Waals surface area contributed by atoms with Crippen LogP contribution in [0.1, 0.15) is 32.1 Å². The summed E-state index contributed by atoms with van der Waals surface area (Å²) in [6.07, 6.45) is 29.6. The van der Waals surface area contributed by atoms with Gasteiger partial charge < -0.3 is 15.3 Å². The van der Waals surface area contributed by atoms with Crippen LogP contribution in [0, 0.1) is 11.8 Å². The van der Waals surface area contributed by atoms with Gasteiger partial charge in [0.2, 0.25) is 0 Å². The summed E-state index contributed by atoms with van der Waals surface area (Å²) in [5.74, 6) is 1.98. The third kappa shape index (κ3) is 13.9. The van der Waals surface area contributed by atoms with Gasteiger partial charge in [0, 0.05) is 0 Å². The first-order valence-corrected chi connectivity index (χ1v) is 8.53. The van der Waals surface area contributed by atoms with Crippen molar-refractivity contribution in [2.24, 2.45) is 11.8 Å². The lowest BCUT2D eigenvalue weighted by atomic mass is 10.1. The maximum absolute atomic E-state index is 7.76. The molecule has 0 aromatic carbocycles. The zero-order valence-corrected chi connectivity index (χ0v) is 14.5. The van der Waals surface area contributed by atoms with Gasteiger partial charge in [-0.25, -0.2) is 0 Å². The summed E-state index contributed by atoms with van der Waals surface area (Å²) >= 11 is 0. The SMILES string of the molecule is C1=CC2CCC1C2.C1=CCC=C1.C1=CCC=C1.C=CCO.OCO. The van der Waals surface area contributed by atoms with Crippen molar-refractivity contribution in [3.05, 3.63) is 73.4 Å². The van der Waals surface area contributed by atoms with E-state index in [2.05, 4.69) is 67.3 Å². The minimum atomic E-state index is -0.750. The van der Waals surface area contributed by atoms with E-state index < -0.39 is 6.79 Å². The number of aliphatic hydroxyl groups is 3. The maximum atomic E-state index is 7.76. The molecule has 3 heteroatoms. The van der Waals surface area contributed by atoms with Gasteiger partial charge in [-0.05, 0) is 43.9 Å². The minimum absolute atomic E-state index is 0.0833. The molecule has 3 nitrogen and oxygen atoms in total. The molecule has 134 valence electrons. The molecule has 0 aromatic rings. The average Bonchev–Trinajstić information content (AvgIpc) is 3.44. The fourth-order valence-electron chi connectivity index (χ4n) is 2.50. The van der Waals surface area contributed by atoms with Crippen molar-refractivity contribution in [3.8, 4) is 0 Å². The van der Waals surface area contributed by atoms with Crippen LogP contribution in [0.2, 0.25) is 0 Å². The molecule has 2 unspecified atom stereocenters. The normalized spacial score (nSPS) is 22.5. The van der Waals surface area contributed by atoms with Crippen LogP contribution in [0.15, 0.2) is 73.4 Å². The number of hydrogen-bond donors (Lipinski definition) is 3. The highest BCUT2D eigenvalue weighted by molar-refractivity contribution is 5.12. The van der Waals surface area contributed by atoms with E-state index in [0.717, 1.165) is 24.7 Å². The Kier molecular flexibility index (Phi) is 16.4. The predicted molar refractivity (Wildman–Crippen MR) is 102 cm³/mol. The van der Waals surface area contributed by atoms with Gasteiger partial charge in [0.05, 0.1) is 6.61 Å². The number of hydrogen-bond acceptors (Lipinski definition) is 3. The van der Waals surface area contributed by atoms with Gasteiger partial charge in [-0.3, -0.25) is 0 Å². The summed E-state index contributed by atoms with van der Waals surface area (Å²) in [4.78, 5) is 0. The Labute approximate surface area is 146 Å². The van der Waals surface area contributed by atoms with Crippen LogP contribution >= 0.6 is 0 Å². The first kappa shape index (κ1) is 22.3. The Morgan fingerprint density at radius 1 is 0.792 bits per heavy atom. The molecule has 4 aliphatic rings. The molecule has 1 saturated carbocycles. The van der Waals surface area contributed by atoms with Crippen molar-refractivity contribution in [1.82, 2.24) is 0 Å². The number of rotatable bonds is 1. The zero-order chi connectivity index (χ0) is 17.9. The molecule has 4 aliphatic carbocycles. The Hall–Kier alpha value is -1.68. The molecule has 0 aromatic heterocycles. The highest BCUT2D eigenvalue weighted by Crippen LogP contribution is 2.38. The summed E-state index contributed by atoms with van der Waals surface area (Å²) in [5.41, 5.74) is 0. The summed E-state index contributed by atoms with van der Waals surface area (Å²) < 4.78 is 0. The molecule has 0 spiro atoms. The second kappa shape index (κ2) is 17.7. The molecule has 3 N–H and O–H groups in total. The van der Waals surface area contributed by atoms with Crippen LogP contribution in [0.4, 0.5) is 0 Å². The number of aliphatic hydroxyl groups excluding tert-OH is 2. The van der Waals surface area contributed by atoms with E-state index in [-0.39, 0.29) is 6.61 Å². The summed E-state index contributed by atoms with van der Waals surface area (Å²) in [6.45, 7) is 2.56. The van der Waals surface area contributed by atoms with E-state index in [1.165, 1.54) is 25.3 Å². The van der Waals surface area contributed by atoms with Crippen molar-refractivity contribution >= 4 is 0 Å². The standard InChI is InChI=1S/C7H10.2C5H6.C3H6O.CH4O2/c1-2-7-4-3-6(1)5-7;2*1-2-4-5-3-1;1-2-3-4;2-1-3/h1-2,6-7H,3-5H2;2*1-4H,5H2;2,4H,1,3H2;2-3H,1H2.